The summed E-state index contributed by atoms with van der Waals surface area (Å²) in [5.74, 6) is -0.251. The minimum absolute atomic E-state index is 0.251. The van der Waals surface area contributed by atoms with Crippen molar-refractivity contribution in [3.05, 3.63) is 63.5 Å². The number of carbonyl (C=O) groups excluding carboxylic acids is 1. The Bertz CT molecular complexity index is 1170. The van der Waals surface area contributed by atoms with Gasteiger partial charge in [0, 0.05) is 35.2 Å². The summed E-state index contributed by atoms with van der Waals surface area (Å²) < 4.78 is 9.32. The number of rotatable bonds is 4. The van der Waals surface area contributed by atoms with Crippen molar-refractivity contribution in [3.8, 4) is 0 Å². The van der Waals surface area contributed by atoms with Gasteiger partial charge in [0.15, 0.2) is 4.80 Å². The summed E-state index contributed by atoms with van der Waals surface area (Å²) in [4.78, 5) is 21.0. The molecule has 7 heteroatoms. The standard InChI is InChI=1S/C19H16BrN3O2S/c1-25-9-8-23-16-7-6-12(20)10-17(16)26-19(23)22-18(24)14-11-21-15-5-3-2-4-13(14)15/h2-7,10-11,21H,8-9H2,1H3. The number of halogens is 1. The highest BCUT2D eigenvalue weighted by atomic mass is 79.9. The highest BCUT2D eigenvalue weighted by Crippen LogP contribution is 2.23. The number of amides is 1. The number of ether oxygens (including phenoxy) is 1. The minimum Gasteiger partial charge on any atom is -0.383 e. The number of para-hydroxylation sites is 1. The number of carbonyl (C=O) groups is 1. The Kier molecular flexibility index (Phi) is 4.76. The smallest absolute Gasteiger partial charge is 0.281 e. The summed E-state index contributed by atoms with van der Waals surface area (Å²) in [7, 11) is 1.67. The molecule has 0 aliphatic heterocycles. The maximum absolute atomic E-state index is 12.8. The number of aromatic nitrogens is 2. The highest BCUT2D eigenvalue weighted by Gasteiger charge is 2.13. The number of aromatic amines is 1. The summed E-state index contributed by atoms with van der Waals surface area (Å²) in [6, 6.07) is 13.8. The summed E-state index contributed by atoms with van der Waals surface area (Å²) >= 11 is 5.00. The zero-order chi connectivity index (χ0) is 18.1. The van der Waals surface area contributed by atoms with E-state index in [4.69, 9.17) is 4.74 Å². The average Bonchev–Trinajstić information content (AvgIpc) is 3.20. The van der Waals surface area contributed by atoms with Crippen LogP contribution in [0.3, 0.4) is 0 Å². The van der Waals surface area contributed by atoms with Crippen LogP contribution in [-0.4, -0.2) is 29.2 Å². The first-order valence-corrected chi connectivity index (χ1v) is 9.71. The number of hydrogen-bond acceptors (Lipinski definition) is 3. The van der Waals surface area contributed by atoms with Crippen molar-refractivity contribution in [2.75, 3.05) is 13.7 Å². The van der Waals surface area contributed by atoms with E-state index < -0.39 is 0 Å². The van der Waals surface area contributed by atoms with Gasteiger partial charge in [-0.05, 0) is 24.3 Å². The third-order valence-electron chi connectivity index (χ3n) is 4.18. The molecule has 0 atom stereocenters. The first-order valence-electron chi connectivity index (χ1n) is 8.10. The van der Waals surface area contributed by atoms with Crippen LogP contribution < -0.4 is 4.80 Å². The molecule has 4 aromatic rings. The second kappa shape index (κ2) is 7.19. The van der Waals surface area contributed by atoms with Crippen molar-refractivity contribution in [1.82, 2.24) is 9.55 Å². The summed E-state index contributed by atoms with van der Waals surface area (Å²) in [6.07, 6.45) is 1.72. The van der Waals surface area contributed by atoms with Crippen LogP contribution in [0.5, 0.6) is 0 Å². The number of thiazole rings is 1. The normalized spacial score (nSPS) is 12.3. The van der Waals surface area contributed by atoms with Gasteiger partial charge in [0.2, 0.25) is 0 Å². The van der Waals surface area contributed by atoms with E-state index in [1.807, 2.05) is 47.0 Å². The number of nitrogens with one attached hydrogen (secondary N) is 1. The van der Waals surface area contributed by atoms with Crippen molar-refractivity contribution >= 4 is 54.3 Å². The molecule has 26 heavy (non-hydrogen) atoms. The van der Waals surface area contributed by atoms with E-state index in [1.165, 1.54) is 11.3 Å². The second-order valence-electron chi connectivity index (χ2n) is 5.81. The molecule has 0 bridgehead atoms. The third-order valence-corrected chi connectivity index (χ3v) is 5.72. The molecular formula is C19H16BrN3O2S. The molecule has 0 saturated carbocycles. The number of nitrogens with zero attached hydrogens (tertiary/aromatic N) is 2. The highest BCUT2D eigenvalue weighted by molar-refractivity contribution is 9.10. The molecule has 2 aromatic carbocycles. The summed E-state index contributed by atoms with van der Waals surface area (Å²) in [6.45, 7) is 1.19. The van der Waals surface area contributed by atoms with Gasteiger partial charge in [-0.3, -0.25) is 4.79 Å². The Morgan fingerprint density at radius 2 is 2.15 bits per heavy atom. The van der Waals surface area contributed by atoms with Crippen molar-refractivity contribution in [2.45, 2.75) is 6.54 Å². The van der Waals surface area contributed by atoms with E-state index in [0.29, 0.717) is 23.5 Å². The molecule has 132 valence electrons. The van der Waals surface area contributed by atoms with Crippen LogP contribution >= 0.6 is 27.3 Å². The average molecular weight is 430 g/mol. The summed E-state index contributed by atoms with van der Waals surface area (Å²) in [5.41, 5.74) is 2.55. The molecule has 0 unspecified atom stereocenters. The Morgan fingerprint density at radius 1 is 1.31 bits per heavy atom. The van der Waals surface area contributed by atoms with Gasteiger partial charge in [-0.1, -0.05) is 45.5 Å². The zero-order valence-corrected chi connectivity index (χ0v) is 16.4. The molecule has 0 aliphatic carbocycles. The molecule has 0 radical (unpaired) electrons. The first kappa shape index (κ1) is 17.2. The van der Waals surface area contributed by atoms with Crippen LogP contribution in [0, 0.1) is 0 Å². The van der Waals surface area contributed by atoms with Gasteiger partial charge in [0.1, 0.15) is 0 Å². The zero-order valence-electron chi connectivity index (χ0n) is 14.0. The second-order valence-corrected chi connectivity index (χ2v) is 7.73. The molecule has 1 N–H and O–H groups in total. The lowest BCUT2D eigenvalue weighted by atomic mass is 10.2. The van der Waals surface area contributed by atoms with Crippen LogP contribution in [0.25, 0.3) is 21.1 Å². The molecule has 0 saturated heterocycles. The van der Waals surface area contributed by atoms with Crippen molar-refractivity contribution in [3.63, 3.8) is 0 Å². The van der Waals surface area contributed by atoms with Gasteiger partial charge in [-0.15, -0.1) is 0 Å². The largest absolute Gasteiger partial charge is 0.383 e. The maximum Gasteiger partial charge on any atom is 0.281 e. The lowest BCUT2D eigenvalue weighted by molar-refractivity contribution is 0.0999. The number of hydrogen-bond donors (Lipinski definition) is 1. The fourth-order valence-corrected chi connectivity index (χ4v) is 4.53. The predicted molar refractivity (Wildman–Crippen MR) is 108 cm³/mol. The van der Waals surface area contributed by atoms with Gasteiger partial charge >= 0.3 is 0 Å². The fourth-order valence-electron chi connectivity index (χ4n) is 2.93. The molecule has 0 aliphatic rings. The van der Waals surface area contributed by atoms with E-state index in [1.54, 1.807) is 13.3 Å². The topological polar surface area (TPSA) is 59.4 Å². The number of fused-ring (bicyclic) bond motifs is 2. The van der Waals surface area contributed by atoms with Crippen molar-refractivity contribution in [1.29, 1.82) is 0 Å². The number of H-pyrrole nitrogens is 1. The van der Waals surface area contributed by atoms with Crippen LogP contribution in [0.2, 0.25) is 0 Å². The Morgan fingerprint density at radius 3 is 3.00 bits per heavy atom. The van der Waals surface area contributed by atoms with E-state index >= 15 is 0 Å². The number of methoxy groups -OCH3 is 1. The quantitative estimate of drug-likeness (QED) is 0.524. The van der Waals surface area contributed by atoms with Crippen LogP contribution in [0.1, 0.15) is 10.4 Å². The Balaban J connectivity index is 1.85. The van der Waals surface area contributed by atoms with Gasteiger partial charge < -0.3 is 14.3 Å². The number of benzene rings is 2. The lowest BCUT2D eigenvalue weighted by Crippen LogP contribution is -2.19. The molecule has 0 fully saturated rings. The van der Waals surface area contributed by atoms with Gasteiger partial charge in [-0.25, -0.2) is 0 Å². The SMILES string of the molecule is COCCn1c(=NC(=O)c2c[nH]c3ccccc23)sc2cc(Br)ccc21. The molecule has 2 heterocycles. The fraction of sp³-hybridized carbons (Fsp3) is 0.158. The predicted octanol–water partition coefficient (Wildman–Crippen LogP) is 4.33. The van der Waals surface area contributed by atoms with Gasteiger partial charge in [0.05, 0.1) is 22.4 Å². The summed E-state index contributed by atoms with van der Waals surface area (Å²) in [5, 5.41) is 0.883. The molecule has 1 amide bonds. The maximum atomic E-state index is 12.8. The van der Waals surface area contributed by atoms with Crippen LogP contribution in [0.15, 0.2) is 58.1 Å². The molecular weight excluding hydrogens is 414 g/mol. The first-order chi connectivity index (χ1) is 12.7. The van der Waals surface area contributed by atoms with Crippen LogP contribution in [0.4, 0.5) is 0 Å². The Labute approximate surface area is 162 Å². The lowest BCUT2D eigenvalue weighted by Gasteiger charge is -2.04. The minimum atomic E-state index is -0.251. The van der Waals surface area contributed by atoms with E-state index in [0.717, 1.165) is 25.6 Å². The van der Waals surface area contributed by atoms with Crippen LogP contribution in [-0.2, 0) is 11.3 Å². The monoisotopic (exact) mass is 429 g/mol. The molecule has 2 aromatic heterocycles. The third kappa shape index (κ3) is 3.13. The van der Waals surface area contributed by atoms with E-state index in [-0.39, 0.29) is 5.91 Å². The van der Waals surface area contributed by atoms with E-state index in [9.17, 15) is 4.79 Å². The van der Waals surface area contributed by atoms with Gasteiger partial charge in [-0.2, -0.15) is 4.99 Å². The van der Waals surface area contributed by atoms with Gasteiger partial charge in [0.25, 0.3) is 5.91 Å². The Hall–Kier alpha value is -2.22. The molecule has 0 spiro atoms. The van der Waals surface area contributed by atoms with Crippen molar-refractivity contribution < 1.29 is 9.53 Å². The van der Waals surface area contributed by atoms with E-state index in [2.05, 4.69) is 25.9 Å². The molecule has 4 rings (SSSR count). The molecule has 5 nitrogen and oxygen atoms in total. The van der Waals surface area contributed by atoms with Crippen molar-refractivity contribution in [2.24, 2.45) is 4.99 Å².